The van der Waals surface area contributed by atoms with Gasteiger partial charge in [-0.25, -0.2) is 12.7 Å². The summed E-state index contributed by atoms with van der Waals surface area (Å²) in [5, 5.41) is 0. The molecule has 1 atom stereocenters. The van der Waals surface area contributed by atoms with Gasteiger partial charge in [-0.3, -0.25) is 9.59 Å². The smallest absolute Gasteiger partial charge is 0.269 e. The van der Waals surface area contributed by atoms with Gasteiger partial charge >= 0.3 is 0 Å². The van der Waals surface area contributed by atoms with Crippen molar-refractivity contribution in [1.29, 1.82) is 0 Å². The highest BCUT2D eigenvalue weighted by Crippen LogP contribution is 2.28. The highest BCUT2D eigenvalue weighted by Gasteiger charge is 2.43. The summed E-state index contributed by atoms with van der Waals surface area (Å²) in [6, 6.07) is 11.4. The van der Waals surface area contributed by atoms with Gasteiger partial charge in [-0.15, -0.1) is 0 Å². The van der Waals surface area contributed by atoms with E-state index in [0.29, 0.717) is 4.31 Å². The van der Waals surface area contributed by atoms with Gasteiger partial charge in [0.15, 0.2) is 5.78 Å². The molecule has 0 N–H and O–H groups in total. The average Bonchev–Trinajstić information content (AvgIpc) is 2.53. The standard InChI is InChI=1S/C17H15NO4S/c1-11-7-9-13(10-8-11)23(21,22)18-12(2)16(19)14-5-3-4-6-15(14)17(18)20/h3-10,12H,1-2H3. The van der Waals surface area contributed by atoms with Gasteiger partial charge in [0.05, 0.1) is 10.5 Å². The third-order valence-electron chi connectivity index (χ3n) is 3.93. The van der Waals surface area contributed by atoms with Crippen molar-refractivity contribution < 1.29 is 18.0 Å². The Labute approximate surface area is 134 Å². The number of Topliss-reactive ketones (excluding diaryl/α,β-unsaturated/α-hetero) is 1. The fraction of sp³-hybridized carbons (Fsp3) is 0.176. The number of aryl methyl sites for hydroxylation is 1. The minimum atomic E-state index is -4.09. The van der Waals surface area contributed by atoms with Crippen LogP contribution in [0.1, 0.15) is 33.2 Å². The van der Waals surface area contributed by atoms with Gasteiger partial charge in [0, 0.05) is 5.56 Å². The Kier molecular flexibility index (Phi) is 3.56. The van der Waals surface area contributed by atoms with Crippen molar-refractivity contribution >= 4 is 21.7 Å². The maximum Gasteiger partial charge on any atom is 0.269 e. The largest absolute Gasteiger partial charge is 0.292 e. The van der Waals surface area contributed by atoms with Gasteiger partial charge in [-0.1, -0.05) is 35.9 Å². The maximum atomic E-state index is 12.8. The van der Waals surface area contributed by atoms with E-state index in [-0.39, 0.29) is 21.8 Å². The highest BCUT2D eigenvalue weighted by molar-refractivity contribution is 7.89. The van der Waals surface area contributed by atoms with E-state index in [0.717, 1.165) is 5.56 Å². The minimum Gasteiger partial charge on any atom is -0.292 e. The summed E-state index contributed by atoms with van der Waals surface area (Å²) < 4.78 is 26.3. The number of amides is 1. The number of rotatable bonds is 2. The first-order valence-corrected chi connectivity index (χ1v) is 8.56. The van der Waals surface area contributed by atoms with Crippen LogP contribution in [0.15, 0.2) is 53.4 Å². The zero-order chi connectivity index (χ0) is 16.8. The average molecular weight is 329 g/mol. The molecule has 0 aromatic heterocycles. The topological polar surface area (TPSA) is 71.5 Å². The Morgan fingerprint density at radius 1 is 0.913 bits per heavy atom. The number of sulfonamides is 1. The Morgan fingerprint density at radius 2 is 1.48 bits per heavy atom. The second-order valence-electron chi connectivity index (χ2n) is 5.50. The molecule has 2 aromatic carbocycles. The summed E-state index contributed by atoms with van der Waals surface area (Å²) in [5.41, 5.74) is 1.29. The lowest BCUT2D eigenvalue weighted by atomic mass is 9.95. The predicted octanol–water partition coefficient (Wildman–Crippen LogP) is 2.41. The lowest BCUT2D eigenvalue weighted by Crippen LogP contribution is -2.50. The van der Waals surface area contributed by atoms with Crippen molar-refractivity contribution in [1.82, 2.24) is 4.31 Å². The molecule has 0 bridgehead atoms. The van der Waals surface area contributed by atoms with Crippen LogP contribution in [0.25, 0.3) is 0 Å². The van der Waals surface area contributed by atoms with Crippen LogP contribution in [0.4, 0.5) is 0 Å². The number of nitrogens with zero attached hydrogens (tertiary/aromatic N) is 1. The number of hydrogen-bond donors (Lipinski definition) is 0. The van der Waals surface area contributed by atoms with Crippen LogP contribution in [0.3, 0.4) is 0 Å². The number of hydrogen-bond acceptors (Lipinski definition) is 4. The zero-order valence-corrected chi connectivity index (χ0v) is 13.5. The molecule has 2 aromatic rings. The van der Waals surface area contributed by atoms with E-state index < -0.39 is 22.0 Å². The Hall–Kier alpha value is -2.47. The Morgan fingerprint density at radius 3 is 2.09 bits per heavy atom. The van der Waals surface area contributed by atoms with Crippen LogP contribution >= 0.6 is 0 Å². The van der Waals surface area contributed by atoms with Crippen LogP contribution in [0, 0.1) is 6.92 Å². The molecule has 3 rings (SSSR count). The molecule has 0 saturated heterocycles. The Balaban J connectivity index is 2.15. The maximum absolute atomic E-state index is 12.8. The molecule has 1 unspecified atom stereocenters. The van der Waals surface area contributed by atoms with Crippen LogP contribution in [-0.4, -0.2) is 30.5 Å². The summed E-state index contributed by atoms with van der Waals surface area (Å²) in [6.07, 6.45) is 0. The number of benzene rings is 2. The van der Waals surface area contributed by atoms with Crippen LogP contribution in [0.2, 0.25) is 0 Å². The van der Waals surface area contributed by atoms with Crippen molar-refractivity contribution in [2.75, 3.05) is 0 Å². The molecule has 0 saturated carbocycles. The van der Waals surface area contributed by atoms with Crippen LogP contribution in [-0.2, 0) is 10.0 Å². The normalized spacial score (nSPS) is 18.0. The zero-order valence-electron chi connectivity index (χ0n) is 12.7. The van der Waals surface area contributed by atoms with E-state index in [9.17, 15) is 18.0 Å². The molecule has 0 radical (unpaired) electrons. The number of carbonyl (C=O) groups is 2. The Bertz CT molecular complexity index is 900. The number of carbonyl (C=O) groups excluding carboxylic acids is 2. The second kappa shape index (κ2) is 5.31. The lowest BCUT2D eigenvalue weighted by molar-refractivity contribution is 0.0723. The molecule has 1 aliphatic heterocycles. The summed E-state index contributed by atoms with van der Waals surface area (Å²) in [4.78, 5) is 25.1. The fourth-order valence-electron chi connectivity index (χ4n) is 2.65. The molecule has 23 heavy (non-hydrogen) atoms. The van der Waals surface area contributed by atoms with Gasteiger partial charge in [-0.2, -0.15) is 0 Å². The second-order valence-corrected chi connectivity index (χ2v) is 7.32. The summed E-state index contributed by atoms with van der Waals surface area (Å²) in [7, 11) is -4.09. The minimum absolute atomic E-state index is 0.00418. The fourth-order valence-corrected chi connectivity index (χ4v) is 4.19. The van der Waals surface area contributed by atoms with E-state index >= 15 is 0 Å². The molecular formula is C17H15NO4S. The SMILES string of the molecule is Cc1ccc(S(=O)(=O)N2C(=O)c3ccccc3C(=O)C2C)cc1. The van der Waals surface area contributed by atoms with Crippen molar-refractivity contribution in [3.8, 4) is 0 Å². The van der Waals surface area contributed by atoms with E-state index in [4.69, 9.17) is 0 Å². The predicted molar refractivity (Wildman–Crippen MR) is 84.8 cm³/mol. The van der Waals surface area contributed by atoms with E-state index in [2.05, 4.69) is 0 Å². The van der Waals surface area contributed by atoms with Crippen LogP contribution in [0.5, 0.6) is 0 Å². The summed E-state index contributed by atoms with van der Waals surface area (Å²) in [5.74, 6) is -1.05. The molecule has 118 valence electrons. The molecular weight excluding hydrogens is 314 g/mol. The molecule has 1 aliphatic rings. The first kappa shape index (κ1) is 15.4. The van der Waals surface area contributed by atoms with Gasteiger partial charge < -0.3 is 0 Å². The van der Waals surface area contributed by atoms with Crippen molar-refractivity contribution in [2.45, 2.75) is 24.8 Å². The summed E-state index contributed by atoms with van der Waals surface area (Å²) in [6.45, 7) is 3.27. The number of fused-ring (bicyclic) bond motifs is 1. The molecule has 0 spiro atoms. The molecule has 1 amide bonds. The third kappa shape index (κ3) is 2.35. The quantitative estimate of drug-likeness (QED) is 0.848. The highest BCUT2D eigenvalue weighted by atomic mass is 32.2. The van der Waals surface area contributed by atoms with Gasteiger partial charge in [0.25, 0.3) is 15.9 Å². The van der Waals surface area contributed by atoms with Crippen molar-refractivity contribution in [3.63, 3.8) is 0 Å². The molecule has 0 aliphatic carbocycles. The molecule has 0 fully saturated rings. The van der Waals surface area contributed by atoms with Crippen molar-refractivity contribution in [2.24, 2.45) is 0 Å². The first-order valence-electron chi connectivity index (χ1n) is 7.12. The van der Waals surface area contributed by atoms with Gasteiger partial charge in [-0.05, 0) is 32.0 Å². The van der Waals surface area contributed by atoms with E-state index in [1.807, 2.05) is 6.92 Å². The molecule has 1 heterocycles. The lowest BCUT2D eigenvalue weighted by Gasteiger charge is -2.32. The molecule has 5 nitrogen and oxygen atoms in total. The van der Waals surface area contributed by atoms with Crippen molar-refractivity contribution in [3.05, 3.63) is 65.2 Å². The van der Waals surface area contributed by atoms with Gasteiger partial charge in [0.2, 0.25) is 0 Å². The first-order chi connectivity index (χ1) is 10.8. The van der Waals surface area contributed by atoms with E-state index in [1.54, 1.807) is 30.3 Å². The number of ketones is 1. The van der Waals surface area contributed by atoms with Gasteiger partial charge in [0.1, 0.15) is 6.04 Å². The third-order valence-corrected chi connectivity index (χ3v) is 5.80. The van der Waals surface area contributed by atoms with Crippen LogP contribution < -0.4 is 0 Å². The van der Waals surface area contributed by atoms with E-state index in [1.165, 1.54) is 25.1 Å². The molecule has 6 heteroatoms. The summed E-state index contributed by atoms with van der Waals surface area (Å²) >= 11 is 0. The monoisotopic (exact) mass is 329 g/mol.